The summed E-state index contributed by atoms with van der Waals surface area (Å²) in [5.74, 6) is -0.0258. The Hall–Kier alpha value is -0.570. The Morgan fingerprint density at radius 1 is 1.25 bits per heavy atom. The Kier molecular flexibility index (Phi) is 3.53. The average molecular weight is 225 g/mol. The lowest BCUT2D eigenvalue weighted by Gasteiger charge is -2.33. The van der Waals surface area contributed by atoms with E-state index in [4.69, 9.17) is 0 Å². The van der Waals surface area contributed by atoms with E-state index in [0.29, 0.717) is 12.0 Å². The molecular formula is C13H23NO2. The first kappa shape index (κ1) is 11.9. The SMILES string of the molecule is CC(CC1CC1)(NC1CCCCC1)C(=O)O. The molecule has 2 fully saturated rings. The summed E-state index contributed by atoms with van der Waals surface area (Å²) in [5, 5.41) is 12.8. The molecule has 92 valence electrons. The lowest BCUT2D eigenvalue weighted by Crippen LogP contribution is -2.54. The van der Waals surface area contributed by atoms with E-state index in [2.05, 4.69) is 5.32 Å². The number of carboxylic acids is 1. The molecule has 16 heavy (non-hydrogen) atoms. The molecule has 0 aliphatic heterocycles. The van der Waals surface area contributed by atoms with E-state index in [0.717, 1.165) is 19.3 Å². The maximum Gasteiger partial charge on any atom is 0.323 e. The second-order valence-corrected chi connectivity index (χ2v) is 5.76. The molecule has 1 unspecified atom stereocenters. The van der Waals surface area contributed by atoms with E-state index < -0.39 is 11.5 Å². The predicted octanol–water partition coefficient (Wildman–Crippen LogP) is 2.55. The lowest BCUT2D eigenvalue weighted by molar-refractivity contribution is -0.145. The van der Waals surface area contributed by atoms with Gasteiger partial charge in [0.1, 0.15) is 5.54 Å². The molecule has 0 aromatic heterocycles. The quantitative estimate of drug-likeness (QED) is 0.756. The molecular weight excluding hydrogens is 202 g/mol. The van der Waals surface area contributed by atoms with Crippen molar-refractivity contribution < 1.29 is 9.90 Å². The summed E-state index contributed by atoms with van der Waals surface area (Å²) in [7, 11) is 0. The van der Waals surface area contributed by atoms with E-state index in [9.17, 15) is 9.90 Å². The van der Waals surface area contributed by atoms with Crippen LogP contribution in [0, 0.1) is 5.92 Å². The van der Waals surface area contributed by atoms with Crippen molar-refractivity contribution in [2.24, 2.45) is 5.92 Å². The Bertz CT molecular complexity index is 257. The van der Waals surface area contributed by atoms with Crippen molar-refractivity contribution in [3.8, 4) is 0 Å². The van der Waals surface area contributed by atoms with Crippen molar-refractivity contribution in [2.75, 3.05) is 0 Å². The molecule has 2 rings (SSSR count). The molecule has 3 heteroatoms. The molecule has 0 aromatic rings. The zero-order valence-electron chi connectivity index (χ0n) is 10.2. The van der Waals surface area contributed by atoms with E-state index in [1.807, 2.05) is 6.92 Å². The number of carboxylic acid groups (broad SMARTS) is 1. The summed E-state index contributed by atoms with van der Waals surface area (Å²) in [5.41, 5.74) is -0.691. The van der Waals surface area contributed by atoms with Crippen LogP contribution in [0.4, 0.5) is 0 Å². The van der Waals surface area contributed by atoms with E-state index in [1.165, 1.54) is 32.1 Å². The van der Waals surface area contributed by atoms with Gasteiger partial charge in [-0.2, -0.15) is 0 Å². The van der Waals surface area contributed by atoms with Gasteiger partial charge in [-0.05, 0) is 32.1 Å². The first-order chi connectivity index (χ1) is 7.60. The normalized spacial score (nSPS) is 26.3. The van der Waals surface area contributed by atoms with Crippen molar-refractivity contribution in [1.29, 1.82) is 0 Å². The highest BCUT2D eigenvalue weighted by atomic mass is 16.4. The third-order valence-corrected chi connectivity index (χ3v) is 3.99. The van der Waals surface area contributed by atoms with Crippen molar-refractivity contribution in [3.05, 3.63) is 0 Å². The van der Waals surface area contributed by atoms with Gasteiger partial charge in [-0.1, -0.05) is 32.1 Å². The van der Waals surface area contributed by atoms with Crippen molar-refractivity contribution in [3.63, 3.8) is 0 Å². The van der Waals surface area contributed by atoms with E-state index in [1.54, 1.807) is 0 Å². The smallest absolute Gasteiger partial charge is 0.323 e. The van der Waals surface area contributed by atoms with Gasteiger partial charge in [0, 0.05) is 6.04 Å². The lowest BCUT2D eigenvalue weighted by atomic mass is 9.89. The molecule has 0 heterocycles. The first-order valence-corrected chi connectivity index (χ1v) is 6.61. The molecule has 2 N–H and O–H groups in total. The Balaban J connectivity index is 1.91. The van der Waals surface area contributed by atoms with Crippen molar-refractivity contribution in [2.45, 2.75) is 69.9 Å². The summed E-state index contributed by atoms with van der Waals surface area (Å²) >= 11 is 0. The number of nitrogens with one attached hydrogen (secondary N) is 1. The molecule has 2 aliphatic rings. The van der Waals surface area contributed by atoms with Gasteiger partial charge in [0.05, 0.1) is 0 Å². The summed E-state index contributed by atoms with van der Waals surface area (Å²) in [6.45, 7) is 1.86. The largest absolute Gasteiger partial charge is 0.480 e. The summed E-state index contributed by atoms with van der Waals surface area (Å²) in [6.07, 6.45) is 9.34. The maximum absolute atomic E-state index is 11.4. The van der Waals surface area contributed by atoms with Crippen LogP contribution in [-0.4, -0.2) is 22.7 Å². The van der Waals surface area contributed by atoms with Gasteiger partial charge in [-0.3, -0.25) is 10.1 Å². The molecule has 0 radical (unpaired) electrons. The van der Waals surface area contributed by atoms with Gasteiger partial charge >= 0.3 is 5.97 Å². The minimum atomic E-state index is -0.691. The highest BCUT2D eigenvalue weighted by Crippen LogP contribution is 2.37. The monoisotopic (exact) mass is 225 g/mol. The zero-order valence-corrected chi connectivity index (χ0v) is 10.2. The molecule has 0 aromatic carbocycles. The van der Waals surface area contributed by atoms with Crippen LogP contribution >= 0.6 is 0 Å². The molecule has 3 nitrogen and oxygen atoms in total. The number of hydrogen-bond acceptors (Lipinski definition) is 2. The van der Waals surface area contributed by atoms with Crippen molar-refractivity contribution in [1.82, 2.24) is 5.32 Å². The van der Waals surface area contributed by atoms with Gasteiger partial charge in [0.25, 0.3) is 0 Å². The molecule has 0 bridgehead atoms. The summed E-state index contributed by atoms with van der Waals surface area (Å²) in [6, 6.07) is 0.425. The molecule has 0 saturated heterocycles. The van der Waals surface area contributed by atoms with Crippen LogP contribution in [0.25, 0.3) is 0 Å². The van der Waals surface area contributed by atoms with E-state index >= 15 is 0 Å². The fourth-order valence-corrected chi connectivity index (χ4v) is 2.80. The van der Waals surface area contributed by atoms with Crippen LogP contribution in [0.1, 0.15) is 58.3 Å². The third-order valence-electron chi connectivity index (χ3n) is 3.99. The molecule has 2 aliphatic carbocycles. The average Bonchev–Trinajstić information content (AvgIpc) is 3.02. The Morgan fingerprint density at radius 3 is 2.38 bits per heavy atom. The zero-order chi connectivity index (χ0) is 11.6. The second kappa shape index (κ2) is 4.74. The fourth-order valence-electron chi connectivity index (χ4n) is 2.80. The van der Waals surface area contributed by atoms with Crippen LogP contribution in [0.2, 0.25) is 0 Å². The second-order valence-electron chi connectivity index (χ2n) is 5.76. The number of aliphatic carboxylic acids is 1. The van der Waals surface area contributed by atoms with Crippen LogP contribution in [0.3, 0.4) is 0 Å². The minimum absolute atomic E-state index is 0.425. The fraction of sp³-hybridized carbons (Fsp3) is 0.923. The highest BCUT2D eigenvalue weighted by Gasteiger charge is 2.40. The van der Waals surface area contributed by atoms with Gasteiger partial charge < -0.3 is 5.11 Å². The van der Waals surface area contributed by atoms with Crippen molar-refractivity contribution >= 4 is 5.97 Å². The van der Waals surface area contributed by atoms with Crippen LogP contribution < -0.4 is 5.32 Å². The predicted molar refractivity (Wildman–Crippen MR) is 63.4 cm³/mol. The molecule has 0 spiro atoms. The molecule has 2 saturated carbocycles. The standard InChI is InChI=1S/C13H23NO2/c1-13(12(15)16,9-10-7-8-10)14-11-5-3-2-4-6-11/h10-11,14H,2-9H2,1H3,(H,15,16). The van der Waals surface area contributed by atoms with Gasteiger partial charge in [0.15, 0.2) is 0 Å². The number of hydrogen-bond donors (Lipinski definition) is 2. The molecule has 1 atom stereocenters. The van der Waals surface area contributed by atoms with Gasteiger partial charge in [0.2, 0.25) is 0 Å². The Labute approximate surface area is 97.6 Å². The van der Waals surface area contributed by atoms with Crippen LogP contribution in [0.5, 0.6) is 0 Å². The Morgan fingerprint density at radius 2 is 1.88 bits per heavy atom. The topological polar surface area (TPSA) is 49.3 Å². The highest BCUT2D eigenvalue weighted by molar-refractivity contribution is 5.78. The van der Waals surface area contributed by atoms with Gasteiger partial charge in [-0.25, -0.2) is 0 Å². The van der Waals surface area contributed by atoms with Gasteiger partial charge in [-0.15, -0.1) is 0 Å². The summed E-state index contributed by atoms with van der Waals surface area (Å²) in [4.78, 5) is 11.4. The first-order valence-electron chi connectivity index (χ1n) is 6.61. The van der Waals surface area contributed by atoms with Crippen LogP contribution in [0.15, 0.2) is 0 Å². The number of rotatable bonds is 5. The maximum atomic E-state index is 11.4. The molecule has 0 amide bonds. The summed E-state index contributed by atoms with van der Waals surface area (Å²) < 4.78 is 0. The van der Waals surface area contributed by atoms with Crippen LogP contribution in [-0.2, 0) is 4.79 Å². The third kappa shape index (κ3) is 2.97. The van der Waals surface area contributed by atoms with E-state index in [-0.39, 0.29) is 0 Å². The minimum Gasteiger partial charge on any atom is -0.480 e. The number of carbonyl (C=O) groups is 1.